The number of hydrogen-bond donors (Lipinski definition) is 1. The summed E-state index contributed by atoms with van der Waals surface area (Å²) < 4.78 is 11.2. The Kier molecular flexibility index (Phi) is 16.2. The monoisotopic (exact) mass is 514 g/mol. The zero-order valence-corrected chi connectivity index (χ0v) is 24.6. The van der Waals surface area contributed by atoms with E-state index in [0.29, 0.717) is 30.5 Å². The lowest BCUT2D eigenvalue weighted by Gasteiger charge is -2.29. The van der Waals surface area contributed by atoms with E-state index in [1.165, 1.54) is 32.1 Å². The number of carbonyl (C=O) groups is 3. The molecule has 212 valence electrons. The molecule has 1 atom stereocenters. The van der Waals surface area contributed by atoms with Crippen LogP contribution < -0.4 is 0 Å². The Morgan fingerprint density at radius 1 is 0.750 bits per heavy atom. The fourth-order valence-corrected chi connectivity index (χ4v) is 4.61. The quantitative estimate of drug-likeness (QED) is 0.109. The van der Waals surface area contributed by atoms with Gasteiger partial charge in [-0.15, -0.1) is 0 Å². The maximum Gasteiger partial charge on any atom is 0.307 e. The topological polar surface area (TPSA) is 89.9 Å². The molecule has 0 radical (unpaired) electrons. The molecule has 0 aromatic rings. The molecular formula is C29H56NO6+. The van der Waals surface area contributed by atoms with Crippen LogP contribution in [-0.2, 0) is 23.9 Å². The van der Waals surface area contributed by atoms with Crippen molar-refractivity contribution in [2.24, 2.45) is 10.8 Å². The predicted octanol–water partition coefficient (Wildman–Crippen LogP) is 6.38. The van der Waals surface area contributed by atoms with Crippen molar-refractivity contribution in [1.82, 2.24) is 0 Å². The summed E-state index contributed by atoms with van der Waals surface area (Å²) in [7, 11) is 5.88. The highest BCUT2D eigenvalue weighted by atomic mass is 16.5. The Morgan fingerprint density at radius 2 is 1.17 bits per heavy atom. The van der Waals surface area contributed by atoms with Crippen molar-refractivity contribution < 1.29 is 33.4 Å². The van der Waals surface area contributed by atoms with Crippen LogP contribution in [0.1, 0.15) is 118 Å². The van der Waals surface area contributed by atoms with Crippen LogP contribution in [-0.4, -0.2) is 67.9 Å². The van der Waals surface area contributed by atoms with Gasteiger partial charge in [-0.2, -0.15) is 0 Å². The number of unbranched alkanes of at least 4 members (excludes halogenated alkanes) is 7. The average molecular weight is 515 g/mol. The molecule has 0 aliphatic carbocycles. The number of rotatable bonds is 21. The standard InChI is InChI=1S/C29H55NO6/c1-9-35-26(33)21-28(2,3)18-16-14-12-10-11-13-15-17-19-29(4,5)22-27(34)36-24(20-25(31)32)23-30(6,7)8/h24H,9-23H2,1-8H3/p+1/t24-/m1/s1. The van der Waals surface area contributed by atoms with E-state index in [1.54, 1.807) is 0 Å². The highest BCUT2D eigenvalue weighted by molar-refractivity contribution is 5.72. The van der Waals surface area contributed by atoms with Crippen molar-refractivity contribution >= 4 is 17.9 Å². The van der Waals surface area contributed by atoms with Gasteiger partial charge in [-0.1, -0.05) is 79.1 Å². The van der Waals surface area contributed by atoms with Crippen molar-refractivity contribution in [2.75, 3.05) is 34.3 Å². The van der Waals surface area contributed by atoms with Crippen LogP contribution in [0.15, 0.2) is 0 Å². The van der Waals surface area contributed by atoms with E-state index in [-0.39, 0.29) is 29.2 Å². The number of carboxylic acids is 1. The van der Waals surface area contributed by atoms with E-state index >= 15 is 0 Å². The fourth-order valence-electron chi connectivity index (χ4n) is 4.61. The molecule has 7 heteroatoms. The van der Waals surface area contributed by atoms with Gasteiger partial charge < -0.3 is 19.1 Å². The Morgan fingerprint density at radius 3 is 1.56 bits per heavy atom. The molecule has 1 N–H and O–H groups in total. The molecule has 0 fully saturated rings. The number of carbonyl (C=O) groups excluding carboxylic acids is 2. The molecule has 0 saturated heterocycles. The Bertz CT molecular complexity index is 651. The third-order valence-corrected chi connectivity index (χ3v) is 6.46. The maximum atomic E-state index is 12.5. The lowest BCUT2D eigenvalue weighted by Crippen LogP contribution is -2.44. The Balaban J connectivity index is 4.03. The summed E-state index contributed by atoms with van der Waals surface area (Å²) in [5, 5.41) is 9.14. The van der Waals surface area contributed by atoms with Crippen molar-refractivity contribution in [3.63, 3.8) is 0 Å². The molecule has 0 amide bonds. The van der Waals surface area contributed by atoms with E-state index in [0.717, 1.165) is 32.1 Å². The maximum absolute atomic E-state index is 12.5. The fraction of sp³-hybridized carbons (Fsp3) is 0.897. The third-order valence-electron chi connectivity index (χ3n) is 6.46. The van der Waals surface area contributed by atoms with Gasteiger partial charge in [0.1, 0.15) is 6.54 Å². The number of likely N-dealkylation sites (N-methyl/N-ethyl adjacent to an activating group) is 1. The molecule has 0 aromatic carbocycles. The first kappa shape index (κ1) is 34.4. The molecule has 36 heavy (non-hydrogen) atoms. The first-order valence-corrected chi connectivity index (χ1v) is 13.9. The van der Waals surface area contributed by atoms with E-state index in [4.69, 9.17) is 14.6 Å². The Hall–Kier alpha value is -1.63. The van der Waals surface area contributed by atoms with E-state index < -0.39 is 12.1 Å². The number of quaternary nitrogens is 1. The highest BCUT2D eigenvalue weighted by Crippen LogP contribution is 2.30. The van der Waals surface area contributed by atoms with Crippen molar-refractivity contribution in [2.45, 2.75) is 124 Å². The predicted molar refractivity (Wildman–Crippen MR) is 145 cm³/mol. The van der Waals surface area contributed by atoms with Gasteiger partial charge in [0, 0.05) is 0 Å². The number of hydrogen-bond acceptors (Lipinski definition) is 5. The summed E-state index contributed by atoms with van der Waals surface area (Å²) >= 11 is 0. The molecule has 0 saturated carbocycles. The Labute approximate surface area is 220 Å². The minimum absolute atomic E-state index is 0.00839. The van der Waals surface area contributed by atoms with Gasteiger partial charge in [0.15, 0.2) is 6.10 Å². The molecule has 0 bridgehead atoms. The zero-order chi connectivity index (χ0) is 27.8. The van der Waals surface area contributed by atoms with Gasteiger partial charge >= 0.3 is 17.9 Å². The van der Waals surface area contributed by atoms with E-state index in [1.807, 2.05) is 28.1 Å². The van der Waals surface area contributed by atoms with Crippen LogP contribution >= 0.6 is 0 Å². The molecule has 0 rings (SSSR count). The second-order valence-electron chi connectivity index (χ2n) is 13.0. The minimum Gasteiger partial charge on any atom is -0.481 e. The summed E-state index contributed by atoms with van der Waals surface area (Å²) in [6.07, 6.45) is 11.6. The lowest BCUT2D eigenvalue weighted by molar-refractivity contribution is -0.873. The smallest absolute Gasteiger partial charge is 0.307 e. The van der Waals surface area contributed by atoms with Crippen molar-refractivity contribution in [3.05, 3.63) is 0 Å². The summed E-state index contributed by atoms with van der Waals surface area (Å²) in [6.45, 7) is 11.2. The SMILES string of the molecule is CCOC(=O)CC(C)(C)CCCCCCCCCCC(C)(C)CC(=O)O[C@H](CC(=O)O)C[N+](C)(C)C. The number of ether oxygens (including phenoxy) is 2. The van der Waals surface area contributed by atoms with Crippen LogP contribution in [0.25, 0.3) is 0 Å². The lowest BCUT2D eigenvalue weighted by atomic mass is 9.83. The third kappa shape index (κ3) is 20.6. The number of nitrogens with zero attached hydrogens (tertiary/aromatic N) is 1. The summed E-state index contributed by atoms with van der Waals surface area (Å²) in [5.41, 5.74) is -0.147. The van der Waals surface area contributed by atoms with Crippen LogP contribution in [0.2, 0.25) is 0 Å². The zero-order valence-electron chi connectivity index (χ0n) is 24.6. The molecule has 0 aliphatic rings. The first-order chi connectivity index (χ1) is 16.6. The average Bonchev–Trinajstić information content (AvgIpc) is 2.66. The second kappa shape index (κ2) is 17.0. The number of aliphatic carboxylic acids is 1. The van der Waals surface area contributed by atoms with Crippen LogP contribution in [0, 0.1) is 10.8 Å². The van der Waals surface area contributed by atoms with Crippen molar-refractivity contribution in [1.29, 1.82) is 0 Å². The molecule has 0 unspecified atom stereocenters. The van der Waals surface area contributed by atoms with Gasteiger partial charge in [-0.05, 0) is 30.6 Å². The first-order valence-electron chi connectivity index (χ1n) is 13.9. The summed E-state index contributed by atoms with van der Waals surface area (Å²) in [5.74, 6) is -1.34. The second-order valence-corrected chi connectivity index (χ2v) is 13.0. The molecule has 0 heterocycles. The molecular weight excluding hydrogens is 458 g/mol. The van der Waals surface area contributed by atoms with E-state index in [2.05, 4.69) is 27.7 Å². The van der Waals surface area contributed by atoms with Crippen LogP contribution in [0.5, 0.6) is 0 Å². The normalized spacial score (nSPS) is 13.3. The van der Waals surface area contributed by atoms with Gasteiger partial charge in [0.25, 0.3) is 0 Å². The number of esters is 2. The van der Waals surface area contributed by atoms with E-state index in [9.17, 15) is 14.4 Å². The largest absolute Gasteiger partial charge is 0.481 e. The van der Waals surface area contributed by atoms with Gasteiger partial charge in [-0.25, -0.2) is 0 Å². The van der Waals surface area contributed by atoms with Gasteiger partial charge in [0.2, 0.25) is 0 Å². The molecule has 0 spiro atoms. The molecule has 0 aliphatic heterocycles. The highest BCUT2D eigenvalue weighted by Gasteiger charge is 2.28. The number of carboxylic acid groups (broad SMARTS) is 1. The van der Waals surface area contributed by atoms with Gasteiger partial charge in [-0.3, -0.25) is 14.4 Å². The van der Waals surface area contributed by atoms with Crippen LogP contribution in [0.4, 0.5) is 0 Å². The summed E-state index contributed by atoms with van der Waals surface area (Å²) in [6, 6.07) is 0. The molecule has 7 nitrogen and oxygen atoms in total. The van der Waals surface area contributed by atoms with Crippen molar-refractivity contribution in [3.8, 4) is 0 Å². The van der Waals surface area contributed by atoms with Gasteiger partial charge in [0.05, 0.1) is 47.0 Å². The minimum atomic E-state index is -0.946. The molecule has 0 aromatic heterocycles. The summed E-state index contributed by atoms with van der Waals surface area (Å²) in [4.78, 5) is 35.3. The van der Waals surface area contributed by atoms with Crippen LogP contribution in [0.3, 0.4) is 0 Å².